The van der Waals surface area contributed by atoms with Crippen LogP contribution >= 0.6 is 11.6 Å². The number of aryl methyl sites for hydroxylation is 2. The second-order valence-corrected chi connectivity index (χ2v) is 4.40. The molecule has 2 aromatic heterocycles. The molecule has 6 nitrogen and oxygen atoms in total. The second kappa shape index (κ2) is 4.81. The average Bonchev–Trinajstić information content (AvgIpc) is 2.56. The van der Waals surface area contributed by atoms with Crippen molar-refractivity contribution in [3.05, 3.63) is 38.7 Å². The van der Waals surface area contributed by atoms with Crippen LogP contribution in [-0.2, 0) is 13.6 Å². The third-order valence-electron chi connectivity index (χ3n) is 2.89. The van der Waals surface area contributed by atoms with Crippen molar-refractivity contribution in [3.63, 3.8) is 0 Å². The van der Waals surface area contributed by atoms with Crippen molar-refractivity contribution in [1.29, 1.82) is 0 Å². The van der Waals surface area contributed by atoms with Gasteiger partial charge in [0, 0.05) is 24.8 Å². The van der Waals surface area contributed by atoms with E-state index < -0.39 is 0 Å². The number of halogens is 1. The number of aromatic amines is 1. The molecule has 96 valence electrons. The van der Waals surface area contributed by atoms with Gasteiger partial charge in [-0.1, -0.05) is 11.6 Å². The highest BCUT2D eigenvalue weighted by molar-refractivity contribution is 6.32. The molecule has 0 radical (unpaired) electrons. The quantitative estimate of drug-likeness (QED) is 0.881. The number of rotatable bonds is 3. The zero-order valence-electron chi connectivity index (χ0n) is 10.4. The fourth-order valence-electron chi connectivity index (χ4n) is 1.75. The van der Waals surface area contributed by atoms with E-state index in [1.807, 2.05) is 25.6 Å². The van der Waals surface area contributed by atoms with E-state index in [0.29, 0.717) is 12.4 Å². The second-order valence-electron chi connectivity index (χ2n) is 4.02. The van der Waals surface area contributed by atoms with E-state index in [-0.39, 0.29) is 10.6 Å². The first-order chi connectivity index (χ1) is 8.50. The third-order valence-corrected chi connectivity index (χ3v) is 3.24. The Morgan fingerprint density at radius 1 is 1.50 bits per heavy atom. The summed E-state index contributed by atoms with van der Waals surface area (Å²) < 4.78 is 1.82. The Labute approximate surface area is 109 Å². The molecule has 2 heterocycles. The van der Waals surface area contributed by atoms with Crippen molar-refractivity contribution in [1.82, 2.24) is 19.7 Å². The van der Waals surface area contributed by atoms with Crippen molar-refractivity contribution in [2.75, 3.05) is 5.32 Å². The van der Waals surface area contributed by atoms with Gasteiger partial charge in [-0.3, -0.25) is 9.48 Å². The number of anilines is 1. The number of nitrogens with zero attached hydrogens (tertiary/aromatic N) is 3. The van der Waals surface area contributed by atoms with Crippen molar-refractivity contribution >= 4 is 17.4 Å². The van der Waals surface area contributed by atoms with Gasteiger partial charge in [0.15, 0.2) is 5.82 Å². The Morgan fingerprint density at radius 3 is 2.83 bits per heavy atom. The topological polar surface area (TPSA) is 75.6 Å². The van der Waals surface area contributed by atoms with Crippen LogP contribution in [0.3, 0.4) is 0 Å². The minimum Gasteiger partial charge on any atom is -0.364 e. The van der Waals surface area contributed by atoms with Crippen molar-refractivity contribution in [2.45, 2.75) is 20.4 Å². The standard InChI is InChI=1S/C11H14ClN5O/c1-6-8(7(2)17(3)16-6)4-13-10-9(12)11(18)15-5-14-10/h5H,4H2,1-3H3,(H2,13,14,15,18). The van der Waals surface area contributed by atoms with Crippen LogP contribution in [0.25, 0.3) is 0 Å². The van der Waals surface area contributed by atoms with Gasteiger partial charge in [-0.15, -0.1) is 0 Å². The third kappa shape index (κ3) is 2.24. The normalized spacial score (nSPS) is 10.7. The summed E-state index contributed by atoms with van der Waals surface area (Å²) in [4.78, 5) is 17.7. The number of hydrogen-bond donors (Lipinski definition) is 2. The minimum absolute atomic E-state index is 0.0664. The molecule has 0 amide bonds. The van der Waals surface area contributed by atoms with Gasteiger partial charge in [0.2, 0.25) is 0 Å². The summed E-state index contributed by atoms with van der Waals surface area (Å²) in [6.07, 6.45) is 1.32. The van der Waals surface area contributed by atoms with Crippen LogP contribution in [-0.4, -0.2) is 19.7 Å². The maximum Gasteiger partial charge on any atom is 0.271 e. The largest absolute Gasteiger partial charge is 0.364 e. The molecule has 0 unspecified atom stereocenters. The average molecular weight is 268 g/mol. The fraction of sp³-hybridized carbons (Fsp3) is 0.364. The van der Waals surface area contributed by atoms with Gasteiger partial charge >= 0.3 is 0 Å². The van der Waals surface area contributed by atoms with Crippen LogP contribution < -0.4 is 10.9 Å². The molecule has 0 aliphatic heterocycles. The Balaban J connectivity index is 2.22. The molecule has 2 aromatic rings. The maximum atomic E-state index is 11.3. The molecular formula is C11H14ClN5O. The monoisotopic (exact) mass is 267 g/mol. The predicted octanol–water partition coefficient (Wildman–Crippen LogP) is 1.39. The summed E-state index contributed by atoms with van der Waals surface area (Å²) in [5, 5.41) is 7.43. The first kappa shape index (κ1) is 12.6. The van der Waals surface area contributed by atoms with Gasteiger partial charge in [-0.05, 0) is 13.8 Å². The van der Waals surface area contributed by atoms with Crippen LogP contribution in [0, 0.1) is 13.8 Å². The lowest BCUT2D eigenvalue weighted by molar-refractivity contribution is 0.730. The molecule has 0 saturated heterocycles. The number of aromatic nitrogens is 4. The smallest absolute Gasteiger partial charge is 0.271 e. The lowest BCUT2D eigenvalue weighted by Crippen LogP contribution is -2.12. The molecule has 7 heteroatoms. The van der Waals surface area contributed by atoms with Gasteiger partial charge in [0.1, 0.15) is 5.02 Å². The number of hydrogen-bond acceptors (Lipinski definition) is 4. The zero-order chi connectivity index (χ0) is 13.3. The molecule has 0 aromatic carbocycles. The van der Waals surface area contributed by atoms with Gasteiger partial charge in [0.05, 0.1) is 12.0 Å². The van der Waals surface area contributed by atoms with Crippen LogP contribution in [0.4, 0.5) is 5.82 Å². The predicted molar refractivity (Wildman–Crippen MR) is 69.9 cm³/mol. The van der Waals surface area contributed by atoms with Crippen molar-refractivity contribution < 1.29 is 0 Å². The number of H-pyrrole nitrogens is 1. The summed E-state index contributed by atoms with van der Waals surface area (Å²) in [5.74, 6) is 0.378. The zero-order valence-corrected chi connectivity index (χ0v) is 11.2. The minimum atomic E-state index is -0.353. The molecule has 0 saturated carbocycles. The highest BCUT2D eigenvalue weighted by atomic mass is 35.5. The molecule has 2 rings (SSSR count). The SMILES string of the molecule is Cc1nn(C)c(C)c1CNc1nc[nH]c(=O)c1Cl. The molecule has 0 bridgehead atoms. The summed E-state index contributed by atoms with van der Waals surface area (Å²) in [5.41, 5.74) is 2.74. The highest BCUT2D eigenvalue weighted by Crippen LogP contribution is 2.16. The molecular weight excluding hydrogens is 254 g/mol. The highest BCUT2D eigenvalue weighted by Gasteiger charge is 2.11. The molecule has 0 spiro atoms. The van der Waals surface area contributed by atoms with E-state index in [9.17, 15) is 4.79 Å². The van der Waals surface area contributed by atoms with E-state index in [1.54, 1.807) is 0 Å². The molecule has 0 aliphatic carbocycles. The summed E-state index contributed by atoms with van der Waals surface area (Å²) >= 11 is 5.85. The Morgan fingerprint density at radius 2 is 2.22 bits per heavy atom. The van der Waals surface area contributed by atoms with E-state index in [2.05, 4.69) is 20.4 Å². The van der Waals surface area contributed by atoms with Crippen molar-refractivity contribution in [3.8, 4) is 0 Å². The van der Waals surface area contributed by atoms with Crippen LogP contribution in [0.1, 0.15) is 17.0 Å². The number of nitrogens with one attached hydrogen (secondary N) is 2. The van der Waals surface area contributed by atoms with E-state index in [0.717, 1.165) is 17.0 Å². The molecule has 18 heavy (non-hydrogen) atoms. The molecule has 0 fully saturated rings. The summed E-state index contributed by atoms with van der Waals surface area (Å²) in [7, 11) is 1.89. The summed E-state index contributed by atoms with van der Waals surface area (Å²) in [6.45, 7) is 4.46. The molecule has 0 aliphatic rings. The first-order valence-electron chi connectivity index (χ1n) is 5.47. The lowest BCUT2D eigenvalue weighted by Gasteiger charge is -2.06. The fourth-order valence-corrected chi connectivity index (χ4v) is 1.92. The summed E-state index contributed by atoms with van der Waals surface area (Å²) in [6, 6.07) is 0. The Hall–Kier alpha value is -1.82. The van der Waals surface area contributed by atoms with Crippen LogP contribution in [0.5, 0.6) is 0 Å². The maximum absolute atomic E-state index is 11.3. The van der Waals surface area contributed by atoms with Crippen LogP contribution in [0.2, 0.25) is 5.02 Å². The van der Waals surface area contributed by atoms with Crippen LogP contribution in [0.15, 0.2) is 11.1 Å². The van der Waals surface area contributed by atoms with Gasteiger partial charge in [0.25, 0.3) is 5.56 Å². The van der Waals surface area contributed by atoms with E-state index in [1.165, 1.54) is 6.33 Å². The van der Waals surface area contributed by atoms with Gasteiger partial charge in [-0.25, -0.2) is 4.98 Å². The Kier molecular flexibility index (Phi) is 3.38. The van der Waals surface area contributed by atoms with Gasteiger partial charge < -0.3 is 10.3 Å². The Bertz CT molecular complexity index is 631. The van der Waals surface area contributed by atoms with Gasteiger partial charge in [-0.2, -0.15) is 5.10 Å². The van der Waals surface area contributed by atoms with E-state index >= 15 is 0 Å². The molecule has 2 N–H and O–H groups in total. The van der Waals surface area contributed by atoms with Crippen molar-refractivity contribution in [2.24, 2.45) is 7.05 Å². The first-order valence-corrected chi connectivity index (χ1v) is 5.84. The van der Waals surface area contributed by atoms with E-state index in [4.69, 9.17) is 11.6 Å². The lowest BCUT2D eigenvalue weighted by atomic mass is 10.2. The molecule has 0 atom stereocenters.